The van der Waals surface area contributed by atoms with Gasteiger partial charge in [0.15, 0.2) is 17.7 Å². The average molecular weight is 526 g/mol. The number of aromatic nitrogens is 1. The zero-order chi connectivity index (χ0) is 26.3. The molecule has 0 saturated carbocycles. The molecule has 0 N–H and O–H groups in total. The Morgan fingerprint density at radius 2 is 1.81 bits per heavy atom. The Balaban J connectivity index is 1.60. The third-order valence-electron chi connectivity index (χ3n) is 5.28. The van der Waals surface area contributed by atoms with Crippen LogP contribution in [0.2, 0.25) is 0 Å². The number of aryl methyl sites for hydroxylation is 1. The Kier molecular flexibility index (Phi) is 9.44. The first-order valence-corrected chi connectivity index (χ1v) is 12.3. The summed E-state index contributed by atoms with van der Waals surface area (Å²) in [6, 6.07) is 9.33. The van der Waals surface area contributed by atoms with Gasteiger partial charge in [0.1, 0.15) is 5.01 Å². The number of carbonyl (C=O) groups excluding carboxylic acids is 1. The van der Waals surface area contributed by atoms with Gasteiger partial charge in [0.05, 0.1) is 24.5 Å². The molecule has 3 rings (SSSR count). The molecule has 194 valence electrons. The monoisotopic (exact) mass is 525 g/mol. The van der Waals surface area contributed by atoms with Crippen LogP contribution >= 0.6 is 11.3 Å². The van der Waals surface area contributed by atoms with Crippen molar-refractivity contribution in [3.8, 4) is 16.3 Å². The summed E-state index contributed by atoms with van der Waals surface area (Å²) >= 11 is 1.38. The van der Waals surface area contributed by atoms with Gasteiger partial charge in [-0.05, 0) is 50.6 Å². The van der Waals surface area contributed by atoms with Crippen molar-refractivity contribution in [3.63, 3.8) is 0 Å². The number of carbonyl (C=O) groups is 1. The first-order chi connectivity index (χ1) is 17.1. The van der Waals surface area contributed by atoms with Crippen LogP contribution in [-0.2, 0) is 33.3 Å². The molecule has 0 aliphatic carbocycles. The Morgan fingerprint density at radius 3 is 2.42 bits per heavy atom. The molecule has 3 aromatic rings. The minimum Gasteiger partial charge on any atom is -0.490 e. The maximum absolute atomic E-state index is 14.6. The van der Waals surface area contributed by atoms with E-state index in [0.717, 1.165) is 22.7 Å². The Morgan fingerprint density at radius 1 is 1.08 bits per heavy atom. The summed E-state index contributed by atoms with van der Waals surface area (Å²) in [6.45, 7) is 6.05. The predicted molar refractivity (Wildman–Crippen MR) is 129 cm³/mol. The first kappa shape index (κ1) is 27.6. The Hall–Kier alpha value is -2.98. The third-order valence-corrected chi connectivity index (χ3v) is 6.35. The van der Waals surface area contributed by atoms with Crippen LogP contribution < -0.4 is 4.74 Å². The molecule has 1 heterocycles. The molecule has 0 saturated heterocycles. The van der Waals surface area contributed by atoms with E-state index < -0.39 is 29.6 Å². The summed E-state index contributed by atoms with van der Waals surface area (Å²) in [4.78, 5) is 17.5. The minimum atomic E-state index is -4.39. The van der Waals surface area contributed by atoms with Gasteiger partial charge in [-0.3, -0.25) is 0 Å². The number of hydrogen-bond donors (Lipinski definition) is 0. The molecule has 1 atom stereocenters. The minimum absolute atomic E-state index is 0.0682. The lowest BCUT2D eigenvalue weighted by Gasteiger charge is -2.16. The van der Waals surface area contributed by atoms with Crippen molar-refractivity contribution in [2.24, 2.45) is 0 Å². The molecule has 1 aromatic heterocycles. The number of nitrogens with zero attached hydrogens (tertiary/aromatic N) is 1. The van der Waals surface area contributed by atoms with Crippen LogP contribution in [0.5, 0.6) is 5.75 Å². The fourth-order valence-electron chi connectivity index (χ4n) is 3.49. The number of alkyl halides is 3. The quantitative estimate of drug-likeness (QED) is 0.214. The molecule has 0 amide bonds. The van der Waals surface area contributed by atoms with Crippen LogP contribution in [0, 0.1) is 12.7 Å². The summed E-state index contributed by atoms with van der Waals surface area (Å²) in [7, 11) is 0. The lowest BCUT2D eigenvalue weighted by atomic mass is 10.1. The molecule has 0 spiro atoms. The zero-order valence-corrected chi connectivity index (χ0v) is 21.0. The fraction of sp³-hybridized carbons (Fsp3) is 0.385. The van der Waals surface area contributed by atoms with E-state index >= 15 is 0 Å². The second kappa shape index (κ2) is 12.3. The van der Waals surface area contributed by atoms with Crippen LogP contribution in [0.15, 0.2) is 42.5 Å². The van der Waals surface area contributed by atoms with Crippen LogP contribution in [0.25, 0.3) is 10.6 Å². The number of esters is 1. The number of ether oxygens (including phenoxy) is 3. The standard InChI is InChI=1S/C26H27F4NO4S/c1-4-33-23(25(32)34-5-2)15-17-6-11-22(20(27)14-17)35-13-12-21-16(3)36-24(31-21)18-7-9-19(10-8-18)26(28,29)30/h6-11,14,23H,4-5,12-13,15H2,1-3H3. The summed E-state index contributed by atoms with van der Waals surface area (Å²) in [5.41, 5.74) is 1.19. The molecular formula is C26H27F4NO4S. The summed E-state index contributed by atoms with van der Waals surface area (Å²) in [6.07, 6.45) is -4.62. The van der Waals surface area contributed by atoms with Crippen molar-refractivity contribution in [2.75, 3.05) is 19.8 Å². The number of benzene rings is 2. The molecule has 0 fully saturated rings. The van der Waals surface area contributed by atoms with Crippen molar-refractivity contribution >= 4 is 17.3 Å². The molecule has 0 bridgehead atoms. The van der Waals surface area contributed by atoms with Crippen molar-refractivity contribution in [3.05, 3.63) is 70.0 Å². The number of hydrogen-bond acceptors (Lipinski definition) is 6. The van der Waals surface area contributed by atoms with Crippen LogP contribution in [-0.4, -0.2) is 36.9 Å². The van der Waals surface area contributed by atoms with E-state index in [1.54, 1.807) is 19.9 Å². The number of halogens is 4. The molecule has 10 heteroatoms. The van der Waals surface area contributed by atoms with Gasteiger partial charge in [-0.2, -0.15) is 13.2 Å². The smallest absolute Gasteiger partial charge is 0.416 e. The highest BCUT2D eigenvalue weighted by Gasteiger charge is 2.30. The molecule has 0 aliphatic rings. The second-order valence-corrected chi connectivity index (χ2v) is 9.06. The van der Waals surface area contributed by atoms with E-state index in [1.165, 1.54) is 35.6 Å². The summed E-state index contributed by atoms with van der Waals surface area (Å²) < 4.78 is 69.0. The molecule has 2 aromatic carbocycles. The average Bonchev–Trinajstić information content (AvgIpc) is 3.20. The van der Waals surface area contributed by atoms with Gasteiger partial charge in [0, 0.05) is 29.9 Å². The van der Waals surface area contributed by atoms with Gasteiger partial charge in [0.25, 0.3) is 0 Å². The molecule has 36 heavy (non-hydrogen) atoms. The molecule has 5 nitrogen and oxygen atoms in total. The Labute approximate surface area is 211 Å². The number of rotatable bonds is 11. The topological polar surface area (TPSA) is 57.7 Å². The fourth-order valence-corrected chi connectivity index (χ4v) is 4.46. The summed E-state index contributed by atoms with van der Waals surface area (Å²) in [5.74, 6) is -0.986. The molecule has 0 radical (unpaired) electrons. The molecule has 1 unspecified atom stereocenters. The Bertz CT molecular complexity index is 1160. The first-order valence-electron chi connectivity index (χ1n) is 11.5. The highest BCUT2D eigenvalue weighted by atomic mass is 32.1. The van der Waals surface area contributed by atoms with Gasteiger partial charge >= 0.3 is 12.1 Å². The van der Waals surface area contributed by atoms with Gasteiger partial charge in [-0.15, -0.1) is 11.3 Å². The maximum Gasteiger partial charge on any atom is 0.416 e. The van der Waals surface area contributed by atoms with Gasteiger partial charge < -0.3 is 14.2 Å². The van der Waals surface area contributed by atoms with Crippen molar-refractivity contribution in [1.29, 1.82) is 0 Å². The second-order valence-electron chi connectivity index (χ2n) is 7.86. The SMILES string of the molecule is CCOC(=O)C(Cc1ccc(OCCc2nc(-c3ccc(C(F)(F)F)cc3)sc2C)c(F)c1)OCC. The zero-order valence-electron chi connectivity index (χ0n) is 20.2. The van der Waals surface area contributed by atoms with Crippen molar-refractivity contribution in [2.45, 2.75) is 45.9 Å². The largest absolute Gasteiger partial charge is 0.490 e. The molecule has 0 aliphatic heterocycles. The third kappa shape index (κ3) is 7.27. The van der Waals surface area contributed by atoms with Crippen LogP contribution in [0.1, 0.15) is 35.5 Å². The van der Waals surface area contributed by atoms with E-state index in [1.807, 2.05) is 6.92 Å². The predicted octanol–water partition coefficient (Wildman–Crippen LogP) is 6.41. The van der Waals surface area contributed by atoms with Crippen LogP contribution in [0.3, 0.4) is 0 Å². The van der Waals surface area contributed by atoms with Crippen molar-refractivity contribution in [1.82, 2.24) is 4.98 Å². The highest BCUT2D eigenvalue weighted by Crippen LogP contribution is 2.33. The van der Waals surface area contributed by atoms with Crippen LogP contribution in [0.4, 0.5) is 17.6 Å². The van der Waals surface area contributed by atoms with E-state index in [0.29, 0.717) is 29.2 Å². The van der Waals surface area contributed by atoms with Crippen molar-refractivity contribution < 1.29 is 36.6 Å². The van der Waals surface area contributed by atoms with E-state index in [9.17, 15) is 22.4 Å². The summed E-state index contributed by atoms with van der Waals surface area (Å²) in [5, 5.41) is 0.609. The lowest BCUT2D eigenvalue weighted by Crippen LogP contribution is -2.29. The lowest BCUT2D eigenvalue weighted by molar-refractivity contribution is -0.156. The number of thiazole rings is 1. The normalized spacial score (nSPS) is 12.4. The van der Waals surface area contributed by atoms with Gasteiger partial charge in [-0.1, -0.05) is 18.2 Å². The van der Waals surface area contributed by atoms with E-state index in [2.05, 4.69) is 4.98 Å². The molecular weight excluding hydrogens is 498 g/mol. The van der Waals surface area contributed by atoms with Gasteiger partial charge in [-0.25, -0.2) is 14.2 Å². The van der Waals surface area contributed by atoms with Gasteiger partial charge in [0.2, 0.25) is 0 Å². The van der Waals surface area contributed by atoms with E-state index in [4.69, 9.17) is 14.2 Å². The highest BCUT2D eigenvalue weighted by molar-refractivity contribution is 7.15. The maximum atomic E-state index is 14.6. The van der Waals surface area contributed by atoms with E-state index in [-0.39, 0.29) is 25.4 Å².